The summed E-state index contributed by atoms with van der Waals surface area (Å²) in [7, 11) is 0. The van der Waals surface area contributed by atoms with Crippen LogP contribution in [0.5, 0.6) is 0 Å². The van der Waals surface area contributed by atoms with E-state index in [4.69, 9.17) is 10.7 Å². The van der Waals surface area contributed by atoms with Crippen LogP contribution in [-0.2, 0) is 5.41 Å². The number of carbonyl (C=O) groups excluding carboxylic acids is 2. The summed E-state index contributed by atoms with van der Waals surface area (Å²) in [6.07, 6.45) is 9.25. The van der Waals surface area contributed by atoms with Gasteiger partial charge in [-0.3, -0.25) is 19.5 Å². The number of rotatable bonds is 7. The van der Waals surface area contributed by atoms with Crippen molar-refractivity contribution in [3.05, 3.63) is 95.6 Å². The topological polar surface area (TPSA) is 97.3 Å². The Bertz CT molecular complexity index is 1630. The van der Waals surface area contributed by atoms with Gasteiger partial charge in [0.2, 0.25) is 0 Å². The summed E-state index contributed by atoms with van der Waals surface area (Å²) in [6.45, 7) is 4.48. The number of aryl methyl sites for hydroxylation is 1. The number of hydrogen-bond acceptors (Lipinski definition) is 5. The highest BCUT2D eigenvalue weighted by atomic mass is 16.2. The summed E-state index contributed by atoms with van der Waals surface area (Å²) in [5.41, 5.74) is 9.61. The molecule has 2 unspecified atom stereocenters. The van der Waals surface area contributed by atoms with E-state index in [1.165, 1.54) is 36.8 Å². The Labute approximate surface area is 252 Å². The number of piperidine rings is 2. The molecule has 0 spiro atoms. The molecule has 2 bridgehead atoms. The second kappa shape index (κ2) is 11.2. The Morgan fingerprint density at radius 1 is 0.907 bits per heavy atom. The highest BCUT2D eigenvalue weighted by Crippen LogP contribution is 2.45. The highest BCUT2D eigenvalue weighted by molar-refractivity contribution is 6.05. The molecule has 2 amide bonds. The molecule has 0 saturated carbocycles. The van der Waals surface area contributed by atoms with Crippen LogP contribution in [0.25, 0.3) is 11.0 Å². The molecule has 4 aromatic rings. The molecular weight excluding hydrogens is 536 g/mol. The van der Waals surface area contributed by atoms with Gasteiger partial charge in [-0.15, -0.1) is 0 Å². The molecule has 2 atom stereocenters. The van der Waals surface area contributed by atoms with Gasteiger partial charge in [0.25, 0.3) is 11.8 Å². The lowest BCUT2D eigenvalue weighted by Crippen LogP contribution is -2.49. The summed E-state index contributed by atoms with van der Waals surface area (Å²) < 4.78 is 2.50. The fourth-order valence-electron chi connectivity index (χ4n) is 8.33. The quantitative estimate of drug-likeness (QED) is 0.323. The predicted octanol–water partition coefficient (Wildman–Crippen LogP) is 5.27. The van der Waals surface area contributed by atoms with Gasteiger partial charge >= 0.3 is 0 Å². The van der Waals surface area contributed by atoms with E-state index >= 15 is 0 Å². The van der Waals surface area contributed by atoms with Crippen LogP contribution in [0.15, 0.2) is 72.9 Å². The number of imidazole rings is 1. The number of pyridine rings is 1. The molecule has 2 aromatic heterocycles. The molecule has 8 nitrogen and oxygen atoms in total. The minimum atomic E-state index is -0.623. The summed E-state index contributed by atoms with van der Waals surface area (Å²) in [6, 6.07) is 24.3. The van der Waals surface area contributed by atoms with Crippen molar-refractivity contribution in [2.24, 2.45) is 5.73 Å². The van der Waals surface area contributed by atoms with Crippen molar-refractivity contribution in [3.8, 4) is 0 Å². The second-order valence-electron chi connectivity index (χ2n) is 12.7. The van der Waals surface area contributed by atoms with Crippen molar-refractivity contribution >= 4 is 22.8 Å². The molecule has 3 fully saturated rings. The molecule has 222 valence electrons. The van der Waals surface area contributed by atoms with Crippen molar-refractivity contribution in [3.63, 3.8) is 0 Å². The van der Waals surface area contributed by atoms with Gasteiger partial charge in [-0.1, -0.05) is 42.5 Å². The average Bonchev–Trinajstić information content (AvgIpc) is 3.50. The van der Waals surface area contributed by atoms with Crippen LogP contribution in [0.3, 0.4) is 0 Å². The van der Waals surface area contributed by atoms with Gasteiger partial charge in [0.15, 0.2) is 0 Å². The maximum absolute atomic E-state index is 13.4. The van der Waals surface area contributed by atoms with Crippen molar-refractivity contribution in [2.75, 3.05) is 19.6 Å². The van der Waals surface area contributed by atoms with Crippen LogP contribution in [0.4, 0.5) is 0 Å². The number of hydrogen-bond donors (Lipinski definition) is 1. The second-order valence-corrected chi connectivity index (χ2v) is 12.7. The first kappa shape index (κ1) is 27.8. The van der Waals surface area contributed by atoms with E-state index in [1.807, 2.05) is 4.90 Å². The largest absolute Gasteiger partial charge is 0.366 e. The highest BCUT2D eigenvalue weighted by Gasteiger charge is 2.44. The van der Waals surface area contributed by atoms with Crippen molar-refractivity contribution in [2.45, 2.75) is 75.4 Å². The van der Waals surface area contributed by atoms with E-state index in [9.17, 15) is 9.59 Å². The molecule has 5 heterocycles. The van der Waals surface area contributed by atoms with Crippen molar-refractivity contribution < 1.29 is 9.59 Å². The van der Waals surface area contributed by atoms with Gasteiger partial charge in [-0.05, 0) is 93.7 Å². The Morgan fingerprint density at radius 3 is 2.33 bits per heavy atom. The van der Waals surface area contributed by atoms with Crippen molar-refractivity contribution in [1.29, 1.82) is 0 Å². The minimum Gasteiger partial charge on any atom is -0.366 e. The number of benzene rings is 2. The maximum atomic E-state index is 13.4. The SMILES string of the molecule is Cc1nc2ccccc2n1C1CC2CCC(C1)N2CCC1(c2ccccc2)CCN(C(=O)c2ncccc2C(N)=O)CC1. The van der Waals surface area contributed by atoms with E-state index in [2.05, 4.69) is 76.0 Å². The zero-order chi connectivity index (χ0) is 29.6. The third kappa shape index (κ3) is 5.01. The number of para-hydroxylation sites is 2. The normalized spacial score (nSPS) is 23.5. The molecule has 3 aliphatic heterocycles. The number of primary amides is 1. The standard InChI is InChI=1S/C35H40N6O2/c1-24-38-30-11-5-6-12-31(30)41(24)28-22-26-13-14-27(23-28)40(26)21-17-35(25-8-3-2-4-9-25)15-19-39(20-16-35)34(43)32-29(33(36)42)10-7-18-37-32/h2-12,18,26-28H,13-17,19-23H2,1H3,(H2,36,42). The fourth-order valence-corrected chi connectivity index (χ4v) is 8.33. The molecule has 3 aliphatic rings. The molecule has 0 aliphatic carbocycles. The Kier molecular flexibility index (Phi) is 7.25. The number of nitrogens with zero attached hydrogens (tertiary/aromatic N) is 5. The van der Waals surface area contributed by atoms with E-state index in [-0.39, 0.29) is 22.6 Å². The van der Waals surface area contributed by atoms with Crippen LogP contribution in [0.2, 0.25) is 0 Å². The summed E-state index contributed by atoms with van der Waals surface area (Å²) in [5, 5.41) is 0. The first-order chi connectivity index (χ1) is 20.9. The molecule has 2 aromatic carbocycles. The fraction of sp³-hybridized carbons (Fsp3) is 0.429. The summed E-state index contributed by atoms with van der Waals surface area (Å²) in [5.74, 6) is 0.289. The van der Waals surface area contributed by atoms with Crippen LogP contribution < -0.4 is 5.73 Å². The smallest absolute Gasteiger partial charge is 0.273 e. The van der Waals surface area contributed by atoms with E-state index in [0.717, 1.165) is 37.1 Å². The monoisotopic (exact) mass is 576 g/mol. The third-order valence-corrected chi connectivity index (χ3v) is 10.5. The van der Waals surface area contributed by atoms with E-state index in [1.54, 1.807) is 18.3 Å². The van der Waals surface area contributed by atoms with Crippen LogP contribution in [0.1, 0.15) is 83.2 Å². The lowest BCUT2D eigenvalue weighted by atomic mass is 9.70. The Hall–Kier alpha value is -4.04. The van der Waals surface area contributed by atoms with Gasteiger partial charge < -0.3 is 15.2 Å². The first-order valence-electron chi connectivity index (χ1n) is 15.7. The number of amides is 2. The van der Waals surface area contributed by atoms with Gasteiger partial charge in [0.05, 0.1) is 16.6 Å². The maximum Gasteiger partial charge on any atom is 0.273 e. The van der Waals surface area contributed by atoms with Crippen molar-refractivity contribution in [1.82, 2.24) is 24.3 Å². The average molecular weight is 577 g/mol. The van der Waals surface area contributed by atoms with Crippen LogP contribution >= 0.6 is 0 Å². The molecule has 0 radical (unpaired) electrons. The van der Waals surface area contributed by atoms with E-state index in [0.29, 0.717) is 31.2 Å². The summed E-state index contributed by atoms with van der Waals surface area (Å²) in [4.78, 5) is 39.2. The van der Waals surface area contributed by atoms with Gasteiger partial charge in [-0.2, -0.15) is 0 Å². The molecule has 3 saturated heterocycles. The summed E-state index contributed by atoms with van der Waals surface area (Å²) >= 11 is 0. The van der Waals surface area contributed by atoms with E-state index < -0.39 is 5.91 Å². The number of fused-ring (bicyclic) bond motifs is 3. The molecular formula is C35H40N6O2. The predicted molar refractivity (Wildman–Crippen MR) is 167 cm³/mol. The molecule has 7 rings (SSSR count). The number of nitrogens with two attached hydrogens (primary N) is 1. The zero-order valence-electron chi connectivity index (χ0n) is 24.9. The number of aromatic nitrogens is 3. The van der Waals surface area contributed by atoms with Crippen LogP contribution in [0, 0.1) is 6.92 Å². The van der Waals surface area contributed by atoms with Gasteiger partial charge in [-0.25, -0.2) is 4.98 Å². The first-order valence-corrected chi connectivity index (χ1v) is 15.7. The van der Waals surface area contributed by atoms with Gasteiger partial charge in [0.1, 0.15) is 11.5 Å². The number of likely N-dealkylation sites (tertiary alicyclic amines) is 1. The third-order valence-electron chi connectivity index (χ3n) is 10.5. The minimum absolute atomic E-state index is 0.00208. The molecule has 8 heteroatoms. The lowest BCUT2D eigenvalue weighted by molar-refractivity contribution is 0.0599. The van der Waals surface area contributed by atoms with Crippen LogP contribution in [-0.4, -0.2) is 67.9 Å². The number of carbonyl (C=O) groups is 2. The molecule has 43 heavy (non-hydrogen) atoms. The Balaban J connectivity index is 1.07. The molecule has 2 N–H and O–H groups in total. The Morgan fingerprint density at radius 2 is 1.60 bits per heavy atom. The zero-order valence-corrected chi connectivity index (χ0v) is 24.9. The lowest BCUT2D eigenvalue weighted by Gasteiger charge is -2.45. The van der Waals surface area contributed by atoms with Gasteiger partial charge in [0, 0.05) is 37.4 Å².